The third-order valence-electron chi connectivity index (χ3n) is 9.50. The summed E-state index contributed by atoms with van der Waals surface area (Å²) in [5.74, 6) is -0.933. The molecule has 10 nitrogen and oxygen atoms in total. The van der Waals surface area contributed by atoms with Crippen molar-refractivity contribution >= 4 is 19.8 Å². The van der Waals surface area contributed by atoms with E-state index in [2.05, 4.69) is 26.0 Å². The lowest BCUT2D eigenvalue weighted by molar-refractivity contribution is -0.161. The van der Waals surface area contributed by atoms with Crippen molar-refractivity contribution in [1.29, 1.82) is 0 Å². The first kappa shape index (κ1) is 55.7. The van der Waals surface area contributed by atoms with Gasteiger partial charge in [-0.25, -0.2) is 4.57 Å². The fourth-order valence-electron chi connectivity index (χ4n) is 6.11. The normalized spacial score (nSPS) is 14.4. The van der Waals surface area contributed by atoms with Gasteiger partial charge >= 0.3 is 19.8 Å². The van der Waals surface area contributed by atoms with E-state index in [0.29, 0.717) is 25.7 Å². The van der Waals surface area contributed by atoms with Crippen LogP contribution in [0.4, 0.5) is 0 Å². The molecule has 0 heterocycles. The quantitative estimate of drug-likeness (QED) is 0.0178. The van der Waals surface area contributed by atoms with Crippen LogP contribution in [0, 0.1) is 0 Å². The minimum absolute atomic E-state index is 0.0329. The Bertz CT molecular complexity index is 1150. The largest absolute Gasteiger partial charge is 0.472 e. The third-order valence-corrected chi connectivity index (χ3v) is 10.5. The molecule has 0 aromatic heterocycles. The van der Waals surface area contributed by atoms with Crippen molar-refractivity contribution in [2.24, 2.45) is 5.73 Å². The number of nitrogens with two attached hydrogens (primary N) is 1. The van der Waals surface area contributed by atoms with Gasteiger partial charge in [0.05, 0.1) is 19.3 Å². The first-order valence-corrected chi connectivity index (χ1v) is 24.4. The fourth-order valence-corrected chi connectivity index (χ4v) is 6.87. The second kappa shape index (κ2) is 42.8. The smallest absolute Gasteiger partial charge is 0.462 e. The Balaban J connectivity index is 4.24. The van der Waals surface area contributed by atoms with Crippen LogP contribution in [0.25, 0.3) is 0 Å². The highest BCUT2D eigenvalue weighted by molar-refractivity contribution is 7.47. The third kappa shape index (κ3) is 41.8. The van der Waals surface area contributed by atoms with Gasteiger partial charge in [-0.1, -0.05) is 190 Å². The molecule has 4 N–H and O–H groups in total. The topological polar surface area (TPSA) is 155 Å². The van der Waals surface area contributed by atoms with Crippen molar-refractivity contribution in [3.8, 4) is 0 Å². The van der Waals surface area contributed by atoms with Crippen LogP contribution in [0.5, 0.6) is 0 Å². The fraction of sp³-hybridized carbons (Fsp3) is 0.745. The Morgan fingerprint density at radius 3 is 1.74 bits per heavy atom. The number of aliphatic hydroxyl groups is 1. The van der Waals surface area contributed by atoms with Crippen molar-refractivity contribution in [2.45, 2.75) is 199 Å². The van der Waals surface area contributed by atoms with Crippen LogP contribution in [0.3, 0.4) is 0 Å². The maximum absolute atomic E-state index is 12.6. The Hall–Kier alpha value is -2.33. The summed E-state index contributed by atoms with van der Waals surface area (Å²) in [7, 11) is -4.41. The van der Waals surface area contributed by atoms with Crippen molar-refractivity contribution in [3.63, 3.8) is 0 Å². The Kier molecular flexibility index (Phi) is 41.1. The predicted octanol–water partition coefficient (Wildman–Crippen LogP) is 12.2. The summed E-state index contributed by atoms with van der Waals surface area (Å²) >= 11 is 0. The molecule has 3 atom stereocenters. The van der Waals surface area contributed by atoms with Gasteiger partial charge < -0.3 is 25.2 Å². The van der Waals surface area contributed by atoms with Gasteiger partial charge in [0.2, 0.25) is 0 Å². The average molecular weight is 838 g/mol. The molecule has 58 heavy (non-hydrogen) atoms. The van der Waals surface area contributed by atoms with E-state index in [-0.39, 0.29) is 32.6 Å². The van der Waals surface area contributed by atoms with E-state index in [1.54, 1.807) is 6.08 Å². The van der Waals surface area contributed by atoms with Crippen LogP contribution >= 0.6 is 7.82 Å². The van der Waals surface area contributed by atoms with Crippen molar-refractivity contribution < 1.29 is 42.7 Å². The summed E-state index contributed by atoms with van der Waals surface area (Å²) in [4.78, 5) is 34.9. The second-order valence-electron chi connectivity index (χ2n) is 15.1. The monoisotopic (exact) mass is 838 g/mol. The minimum Gasteiger partial charge on any atom is -0.462 e. The van der Waals surface area contributed by atoms with Gasteiger partial charge in [-0.2, -0.15) is 0 Å². The summed E-state index contributed by atoms with van der Waals surface area (Å²) in [6.45, 7) is 3.47. The van der Waals surface area contributed by atoms with Crippen LogP contribution in [0.2, 0.25) is 0 Å². The maximum atomic E-state index is 12.6. The summed E-state index contributed by atoms with van der Waals surface area (Å²) in [6, 6.07) is 0. The van der Waals surface area contributed by atoms with E-state index >= 15 is 0 Å². The summed E-state index contributed by atoms with van der Waals surface area (Å²) in [6.07, 6.45) is 47.2. The molecule has 2 unspecified atom stereocenters. The number of phosphoric ester groups is 1. The first-order valence-electron chi connectivity index (χ1n) is 22.9. The second-order valence-corrected chi connectivity index (χ2v) is 16.6. The van der Waals surface area contributed by atoms with Gasteiger partial charge in [0.25, 0.3) is 0 Å². The molecule has 0 amide bonds. The SMILES string of the molecule is CC/C=C\C/C=C\CC(O)/C=C/C=C\C/C=C\CCCC(=O)O[C@H](COC(=O)CCCCCCCCCCCCCCCCCCCCC)COP(=O)(O)OCCN. The molecule has 336 valence electrons. The molecule has 11 heteroatoms. The summed E-state index contributed by atoms with van der Waals surface area (Å²) in [5, 5.41) is 10.0. The van der Waals surface area contributed by atoms with Gasteiger partial charge in [-0.3, -0.25) is 18.6 Å². The van der Waals surface area contributed by atoms with E-state index in [1.807, 2.05) is 42.5 Å². The van der Waals surface area contributed by atoms with E-state index in [4.69, 9.17) is 24.3 Å². The molecule has 0 fully saturated rings. The summed E-state index contributed by atoms with van der Waals surface area (Å²) < 4.78 is 32.7. The number of ether oxygens (including phenoxy) is 2. The standard InChI is InChI=1S/C47H84NO9P/c1-3-5-7-9-11-12-13-14-15-16-17-18-19-20-21-22-26-30-34-38-46(50)54-42-45(43-56-58(52,53)55-41-40-48)57-47(51)39-35-31-27-24-23-25-29-33-37-44(49)36-32-28-10-8-6-4-2/h6,8,24-25,27-29,32-33,37,44-45,49H,3-5,7,9-23,26,30-31,34-36,38-43,48H2,1-2H3,(H,52,53)/b8-6-,27-24-,29-25-,32-28-,37-33+/t44?,45-/m1/s1. The number of phosphoric acid groups is 1. The minimum atomic E-state index is -4.41. The molecule has 0 rings (SSSR count). The van der Waals surface area contributed by atoms with Crippen LogP contribution in [0.1, 0.15) is 187 Å². The van der Waals surface area contributed by atoms with Gasteiger partial charge in [-0.15, -0.1) is 0 Å². The van der Waals surface area contributed by atoms with Crippen molar-refractivity contribution in [1.82, 2.24) is 0 Å². The molecule has 0 aliphatic heterocycles. The van der Waals surface area contributed by atoms with Crippen molar-refractivity contribution in [2.75, 3.05) is 26.4 Å². The molecule has 0 aliphatic carbocycles. The number of hydrogen-bond acceptors (Lipinski definition) is 9. The molecule has 0 spiro atoms. The Labute approximate surface area is 353 Å². The molecule has 0 aromatic carbocycles. The number of hydrogen-bond donors (Lipinski definition) is 3. The predicted molar refractivity (Wildman–Crippen MR) is 239 cm³/mol. The average Bonchev–Trinajstić information content (AvgIpc) is 3.21. The number of aliphatic hydroxyl groups excluding tert-OH is 1. The molecule has 0 aromatic rings. The number of allylic oxidation sites excluding steroid dienone is 8. The number of rotatable bonds is 42. The number of carbonyl (C=O) groups excluding carboxylic acids is 2. The van der Waals surface area contributed by atoms with Crippen molar-refractivity contribution in [3.05, 3.63) is 60.8 Å². The van der Waals surface area contributed by atoms with Gasteiger partial charge in [0.1, 0.15) is 6.61 Å². The highest BCUT2D eigenvalue weighted by Crippen LogP contribution is 2.43. The Morgan fingerprint density at radius 2 is 1.16 bits per heavy atom. The summed E-state index contributed by atoms with van der Waals surface area (Å²) in [5.41, 5.74) is 5.34. The lowest BCUT2D eigenvalue weighted by Gasteiger charge is -2.19. The zero-order chi connectivity index (χ0) is 42.6. The lowest BCUT2D eigenvalue weighted by Crippen LogP contribution is -2.29. The zero-order valence-electron chi connectivity index (χ0n) is 36.6. The lowest BCUT2D eigenvalue weighted by atomic mass is 10.0. The van der Waals surface area contributed by atoms with E-state index in [0.717, 1.165) is 32.1 Å². The number of carbonyl (C=O) groups is 2. The van der Waals surface area contributed by atoms with Gasteiger partial charge in [0.15, 0.2) is 6.10 Å². The van der Waals surface area contributed by atoms with E-state index in [9.17, 15) is 24.2 Å². The molecular formula is C47H84NO9P. The van der Waals surface area contributed by atoms with Crippen LogP contribution in [-0.4, -0.2) is 60.5 Å². The molecule has 0 bridgehead atoms. The van der Waals surface area contributed by atoms with E-state index in [1.165, 1.54) is 103 Å². The Morgan fingerprint density at radius 1 is 0.621 bits per heavy atom. The van der Waals surface area contributed by atoms with Crippen LogP contribution in [-0.2, 0) is 32.7 Å². The van der Waals surface area contributed by atoms with Gasteiger partial charge in [-0.05, 0) is 44.9 Å². The molecule has 0 saturated heterocycles. The molecule has 0 saturated carbocycles. The van der Waals surface area contributed by atoms with Crippen LogP contribution < -0.4 is 5.73 Å². The number of esters is 2. The van der Waals surface area contributed by atoms with Crippen LogP contribution in [0.15, 0.2) is 60.8 Å². The first-order chi connectivity index (χ1) is 28.2. The highest BCUT2D eigenvalue weighted by atomic mass is 31.2. The highest BCUT2D eigenvalue weighted by Gasteiger charge is 2.26. The molecular weight excluding hydrogens is 753 g/mol. The number of unbranched alkanes of at least 4 members (excludes halogenated alkanes) is 19. The van der Waals surface area contributed by atoms with Gasteiger partial charge in [0, 0.05) is 19.4 Å². The maximum Gasteiger partial charge on any atom is 0.472 e. The zero-order valence-corrected chi connectivity index (χ0v) is 37.5. The molecule has 0 radical (unpaired) electrons. The van der Waals surface area contributed by atoms with E-state index < -0.39 is 38.6 Å². The molecule has 0 aliphatic rings.